The molecule has 7 heteroatoms. The first-order chi connectivity index (χ1) is 8.51. The van der Waals surface area contributed by atoms with Crippen LogP contribution < -0.4 is 4.72 Å². The Balaban J connectivity index is 2.77. The SMILES string of the molecule is CC(C#N)S(=O)(=O)NCc1sccc1C#CCO. The van der Waals surface area contributed by atoms with E-state index in [2.05, 4.69) is 16.6 Å². The van der Waals surface area contributed by atoms with E-state index in [9.17, 15) is 8.42 Å². The lowest BCUT2D eigenvalue weighted by molar-refractivity contribution is 0.350. The number of nitriles is 1. The van der Waals surface area contributed by atoms with Gasteiger partial charge in [-0.05, 0) is 18.4 Å². The van der Waals surface area contributed by atoms with Crippen molar-refractivity contribution in [3.63, 3.8) is 0 Å². The van der Waals surface area contributed by atoms with Gasteiger partial charge in [0.1, 0.15) is 6.61 Å². The van der Waals surface area contributed by atoms with Gasteiger partial charge in [0.25, 0.3) is 0 Å². The van der Waals surface area contributed by atoms with Gasteiger partial charge in [-0.3, -0.25) is 0 Å². The summed E-state index contributed by atoms with van der Waals surface area (Å²) in [6.45, 7) is 1.18. The Bertz CT molecular complexity index is 602. The highest BCUT2D eigenvalue weighted by Gasteiger charge is 2.19. The predicted molar refractivity (Wildman–Crippen MR) is 69.1 cm³/mol. The average Bonchev–Trinajstić information content (AvgIpc) is 2.80. The Kier molecular flexibility index (Phi) is 5.32. The second kappa shape index (κ2) is 6.53. The molecular formula is C11H12N2O3S2. The van der Waals surface area contributed by atoms with Crippen molar-refractivity contribution in [1.82, 2.24) is 4.72 Å². The molecule has 1 aromatic rings. The second-order valence-corrected chi connectivity index (χ2v) is 6.44. The van der Waals surface area contributed by atoms with Crippen molar-refractivity contribution in [3.05, 3.63) is 21.9 Å². The molecule has 1 heterocycles. The van der Waals surface area contributed by atoms with E-state index in [0.717, 1.165) is 4.88 Å². The van der Waals surface area contributed by atoms with Gasteiger partial charge in [0.15, 0.2) is 5.25 Å². The monoisotopic (exact) mass is 284 g/mol. The number of hydrogen-bond donors (Lipinski definition) is 2. The van der Waals surface area contributed by atoms with Gasteiger partial charge in [0, 0.05) is 17.0 Å². The standard InChI is InChI=1S/C11H12N2O3S2/c1-9(7-12)18(15,16)13-8-11-10(3-2-5-14)4-6-17-11/h4,6,9,13-14H,5,8H2,1H3. The molecule has 0 amide bonds. The van der Waals surface area contributed by atoms with Gasteiger partial charge in [-0.2, -0.15) is 5.26 Å². The van der Waals surface area contributed by atoms with E-state index in [1.807, 2.05) is 0 Å². The highest BCUT2D eigenvalue weighted by Crippen LogP contribution is 2.16. The highest BCUT2D eigenvalue weighted by molar-refractivity contribution is 7.90. The van der Waals surface area contributed by atoms with Crippen LogP contribution in [-0.2, 0) is 16.6 Å². The number of aliphatic hydroxyl groups excluding tert-OH is 1. The van der Waals surface area contributed by atoms with Crippen molar-refractivity contribution < 1.29 is 13.5 Å². The van der Waals surface area contributed by atoms with Crippen LogP contribution in [0.5, 0.6) is 0 Å². The molecule has 18 heavy (non-hydrogen) atoms. The molecule has 0 saturated heterocycles. The van der Waals surface area contributed by atoms with Crippen LogP contribution in [-0.4, -0.2) is 25.4 Å². The lowest BCUT2D eigenvalue weighted by Crippen LogP contribution is -2.31. The van der Waals surface area contributed by atoms with E-state index in [-0.39, 0.29) is 13.2 Å². The number of hydrogen-bond acceptors (Lipinski definition) is 5. The molecule has 96 valence electrons. The van der Waals surface area contributed by atoms with Crippen LogP contribution in [0.15, 0.2) is 11.4 Å². The van der Waals surface area contributed by atoms with Crippen LogP contribution in [0.2, 0.25) is 0 Å². The normalized spacial score (nSPS) is 12.3. The Morgan fingerprint density at radius 3 is 2.94 bits per heavy atom. The Morgan fingerprint density at radius 2 is 2.33 bits per heavy atom. The molecular weight excluding hydrogens is 272 g/mol. The number of thiophene rings is 1. The van der Waals surface area contributed by atoms with Gasteiger partial charge in [-0.25, -0.2) is 13.1 Å². The molecule has 0 aromatic carbocycles. The molecule has 1 aromatic heterocycles. The summed E-state index contributed by atoms with van der Waals surface area (Å²) in [5.74, 6) is 5.24. The molecule has 5 nitrogen and oxygen atoms in total. The predicted octanol–water partition coefficient (Wildman–Crippen LogP) is 0.423. The molecule has 0 aliphatic heterocycles. The second-order valence-electron chi connectivity index (χ2n) is 3.35. The summed E-state index contributed by atoms with van der Waals surface area (Å²) < 4.78 is 25.5. The fourth-order valence-corrected chi connectivity index (χ4v) is 2.68. The minimum absolute atomic E-state index is 0.0987. The van der Waals surface area contributed by atoms with Crippen LogP contribution in [0.4, 0.5) is 0 Å². The number of rotatable bonds is 4. The van der Waals surface area contributed by atoms with E-state index in [0.29, 0.717) is 5.56 Å². The summed E-state index contributed by atoms with van der Waals surface area (Å²) in [6, 6.07) is 3.43. The van der Waals surface area contributed by atoms with Crippen LogP contribution >= 0.6 is 11.3 Å². The van der Waals surface area contributed by atoms with Crippen LogP contribution in [0.3, 0.4) is 0 Å². The number of aliphatic hydroxyl groups is 1. The minimum Gasteiger partial charge on any atom is -0.384 e. The molecule has 1 atom stereocenters. The molecule has 0 bridgehead atoms. The van der Waals surface area contributed by atoms with E-state index in [1.54, 1.807) is 17.5 Å². The van der Waals surface area contributed by atoms with Crippen LogP contribution in [0.1, 0.15) is 17.4 Å². The minimum atomic E-state index is -3.63. The fraction of sp³-hybridized carbons (Fsp3) is 0.364. The maximum absolute atomic E-state index is 11.6. The van der Waals surface area contributed by atoms with Crippen molar-refractivity contribution in [1.29, 1.82) is 5.26 Å². The first-order valence-corrected chi connectivity index (χ1v) is 7.48. The lowest BCUT2D eigenvalue weighted by atomic mass is 10.2. The third-order valence-corrected chi connectivity index (χ3v) is 4.63. The van der Waals surface area contributed by atoms with Gasteiger partial charge in [0.05, 0.1) is 6.07 Å². The average molecular weight is 284 g/mol. The van der Waals surface area contributed by atoms with Crippen LogP contribution in [0, 0.1) is 23.2 Å². The topological polar surface area (TPSA) is 90.2 Å². The molecule has 0 spiro atoms. The van der Waals surface area contributed by atoms with Crippen molar-refractivity contribution in [2.24, 2.45) is 0 Å². The van der Waals surface area contributed by atoms with Crippen molar-refractivity contribution >= 4 is 21.4 Å². The molecule has 1 unspecified atom stereocenters. The summed E-state index contributed by atoms with van der Waals surface area (Å²) in [5.41, 5.74) is 0.682. The summed E-state index contributed by atoms with van der Waals surface area (Å²) in [7, 11) is -3.63. The van der Waals surface area contributed by atoms with E-state index < -0.39 is 15.3 Å². The lowest BCUT2D eigenvalue weighted by Gasteiger charge is -2.06. The van der Waals surface area contributed by atoms with Gasteiger partial charge in [-0.15, -0.1) is 11.3 Å². The smallest absolute Gasteiger partial charge is 0.228 e. The van der Waals surface area contributed by atoms with Crippen molar-refractivity contribution in [2.45, 2.75) is 18.7 Å². The van der Waals surface area contributed by atoms with Gasteiger partial charge >= 0.3 is 0 Å². The van der Waals surface area contributed by atoms with Gasteiger partial charge in [0.2, 0.25) is 10.0 Å². The van der Waals surface area contributed by atoms with Gasteiger partial charge in [-0.1, -0.05) is 11.8 Å². The summed E-state index contributed by atoms with van der Waals surface area (Å²) >= 11 is 1.37. The highest BCUT2D eigenvalue weighted by atomic mass is 32.2. The third-order valence-electron chi connectivity index (χ3n) is 2.13. The number of nitrogens with one attached hydrogen (secondary N) is 1. The third kappa shape index (κ3) is 3.83. The Labute approximate surface area is 110 Å². The fourth-order valence-electron chi connectivity index (χ4n) is 1.08. The molecule has 0 saturated carbocycles. The zero-order valence-electron chi connectivity index (χ0n) is 9.67. The Morgan fingerprint density at radius 1 is 1.61 bits per heavy atom. The molecule has 2 N–H and O–H groups in total. The molecule has 1 rings (SSSR count). The zero-order chi connectivity index (χ0) is 13.6. The summed E-state index contributed by atoms with van der Waals surface area (Å²) in [5, 5.41) is 17.9. The number of sulfonamides is 1. The largest absolute Gasteiger partial charge is 0.384 e. The first-order valence-electron chi connectivity index (χ1n) is 5.05. The summed E-state index contributed by atoms with van der Waals surface area (Å²) in [4.78, 5) is 0.754. The quantitative estimate of drug-likeness (QED) is 0.784. The number of nitrogens with zero attached hydrogens (tertiary/aromatic N) is 1. The van der Waals surface area contributed by atoms with Crippen molar-refractivity contribution in [2.75, 3.05) is 6.61 Å². The van der Waals surface area contributed by atoms with E-state index >= 15 is 0 Å². The summed E-state index contributed by atoms with van der Waals surface area (Å²) in [6.07, 6.45) is 0. The Hall–Kier alpha value is -1.38. The van der Waals surface area contributed by atoms with E-state index in [4.69, 9.17) is 10.4 Å². The van der Waals surface area contributed by atoms with Gasteiger partial charge < -0.3 is 5.11 Å². The molecule has 0 aliphatic carbocycles. The molecule has 0 fully saturated rings. The zero-order valence-corrected chi connectivity index (χ0v) is 11.3. The van der Waals surface area contributed by atoms with E-state index in [1.165, 1.54) is 18.3 Å². The van der Waals surface area contributed by atoms with Crippen molar-refractivity contribution in [3.8, 4) is 17.9 Å². The first kappa shape index (κ1) is 14.7. The molecule has 0 aliphatic rings. The maximum Gasteiger partial charge on any atom is 0.228 e. The van der Waals surface area contributed by atoms with Crippen LogP contribution in [0.25, 0.3) is 0 Å². The molecule has 0 radical (unpaired) electrons. The maximum atomic E-state index is 11.6.